The van der Waals surface area contributed by atoms with E-state index in [1.165, 1.54) is 18.2 Å². The number of halogens is 6. The molecular weight excluding hydrogens is 473 g/mol. The van der Waals surface area contributed by atoms with E-state index >= 15 is 0 Å². The first-order chi connectivity index (χ1) is 14.8. The van der Waals surface area contributed by atoms with Crippen LogP contribution in [0.3, 0.4) is 0 Å². The Labute approximate surface area is 191 Å². The predicted octanol–water partition coefficient (Wildman–Crippen LogP) is 6.46. The van der Waals surface area contributed by atoms with E-state index in [4.69, 9.17) is 23.2 Å². The number of anilines is 1. The molecule has 1 saturated carbocycles. The van der Waals surface area contributed by atoms with E-state index in [9.17, 15) is 32.3 Å². The van der Waals surface area contributed by atoms with Gasteiger partial charge in [0.1, 0.15) is 5.82 Å². The molecule has 0 aromatic heterocycles. The lowest BCUT2D eigenvalue weighted by molar-refractivity contribution is -0.178. The molecule has 0 bridgehead atoms. The highest BCUT2D eigenvalue weighted by Gasteiger charge is 2.50. The summed E-state index contributed by atoms with van der Waals surface area (Å²) in [6.07, 6.45) is -3.57. The summed E-state index contributed by atoms with van der Waals surface area (Å²) in [6.45, 7) is 0.792. The third-order valence-corrected chi connectivity index (χ3v) is 6.30. The van der Waals surface area contributed by atoms with Gasteiger partial charge < -0.3 is 10.4 Å². The zero-order valence-electron chi connectivity index (χ0n) is 16.8. The number of amides is 1. The second-order valence-corrected chi connectivity index (χ2v) is 8.88. The smallest absolute Gasteiger partial charge is 0.392 e. The molecule has 0 radical (unpaired) electrons. The molecule has 10 heteroatoms. The van der Waals surface area contributed by atoms with Crippen LogP contribution in [-0.4, -0.2) is 23.2 Å². The van der Waals surface area contributed by atoms with Crippen LogP contribution in [0.4, 0.5) is 23.2 Å². The molecule has 4 nitrogen and oxygen atoms in total. The van der Waals surface area contributed by atoms with Crippen molar-refractivity contribution >= 4 is 40.8 Å². The molecule has 2 N–H and O–H groups in total. The Morgan fingerprint density at radius 3 is 2.34 bits per heavy atom. The van der Waals surface area contributed by atoms with Crippen LogP contribution in [0.5, 0.6) is 0 Å². The number of rotatable bonds is 7. The van der Waals surface area contributed by atoms with Gasteiger partial charge in [-0.3, -0.25) is 9.59 Å². The summed E-state index contributed by atoms with van der Waals surface area (Å²) < 4.78 is 54.9. The summed E-state index contributed by atoms with van der Waals surface area (Å²) in [6, 6.07) is 7.54. The van der Waals surface area contributed by atoms with E-state index in [-0.39, 0.29) is 22.2 Å². The first-order valence-electron chi connectivity index (χ1n) is 9.68. The molecule has 0 heterocycles. The van der Waals surface area contributed by atoms with Crippen LogP contribution in [-0.2, 0) is 16.0 Å². The van der Waals surface area contributed by atoms with Crippen molar-refractivity contribution in [2.75, 3.05) is 5.32 Å². The first kappa shape index (κ1) is 24.3. The summed E-state index contributed by atoms with van der Waals surface area (Å²) in [7, 11) is 0. The number of alkyl halides is 3. The van der Waals surface area contributed by atoms with E-state index in [0.717, 1.165) is 19.1 Å². The standard InChI is InChI=1S/C22H19Cl2F4NO3/c1-11(22(26,27)28)18(14-4-3-13(23)9-16(14)25)19(30)29-17-8-12(2-5-15(17)24)10-21(6-7-21)20(31)32/h2-5,8-9,11,18H,6-7,10H2,1H3,(H,29,30)(H,31,32)/t11-,18+/m1/s1. The highest BCUT2D eigenvalue weighted by molar-refractivity contribution is 6.33. The van der Waals surface area contributed by atoms with Crippen molar-refractivity contribution in [3.05, 3.63) is 63.4 Å². The molecule has 0 unspecified atom stereocenters. The molecule has 2 aromatic carbocycles. The third-order valence-electron chi connectivity index (χ3n) is 5.73. The van der Waals surface area contributed by atoms with E-state index in [1.54, 1.807) is 6.07 Å². The molecule has 172 valence electrons. The predicted molar refractivity (Wildman–Crippen MR) is 112 cm³/mol. The summed E-state index contributed by atoms with van der Waals surface area (Å²) in [4.78, 5) is 24.4. The van der Waals surface area contributed by atoms with E-state index < -0.39 is 46.7 Å². The second kappa shape index (κ2) is 8.90. The molecule has 32 heavy (non-hydrogen) atoms. The van der Waals surface area contributed by atoms with Crippen LogP contribution in [0.2, 0.25) is 10.0 Å². The lowest BCUT2D eigenvalue weighted by Crippen LogP contribution is -2.35. The average molecular weight is 492 g/mol. The van der Waals surface area contributed by atoms with Gasteiger partial charge in [-0.25, -0.2) is 4.39 Å². The molecule has 2 aromatic rings. The van der Waals surface area contributed by atoms with Crippen LogP contribution in [0.1, 0.15) is 36.8 Å². The van der Waals surface area contributed by atoms with Gasteiger partial charge in [0, 0.05) is 10.6 Å². The summed E-state index contributed by atoms with van der Waals surface area (Å²) >= 11 is 11.8. The van der Waals surface area contributed by atoms with Crippen molar-refractivity contribution in [1.29, 1.82) is 0 Å². The van der Waals surface area contributed by atoms with Gasteiger partial charge in [-0.1, -0.05) is 42.3 Å². The van der Waals surface area contributed by atoms with Crippen molar-refractivity contribution in [2.45, 2.75) is 38.3 Å². The fraction of sp³-hybridized carbons (Fsp3) is 0.364. The topological polar surface area (TPSA) is 66.4 Å². The number of aliphatic carboxylic acids is 1. The Bertz CT molecular complexity index is 1050. The first-order valence-corrected chi connectivity index (χ1v) is 10.4. The van der Waals surface area contributed by atoms with Crippen LogP contribution >= 0.6 is 23.2 Å². The monoisotopic (exact) mass is 491 g/mol. The van der Waals surface area contributed by atoms with Crippen molar-refractivity contribution in [2.24, 2.45) is 11.3 Å². The quantitative estimate of drug-likeness (QED) is 0.436. The number of benzene rings is 2. The lowest BCUT2D eigenvalue weighted by atomic mass is 9.85. The minimum Gasteiger partial charge on any atom is -0.481 e. The van der Waals surface area contributed by atoms with E-state index in [0.29, 0.717) is 18.4 Å². The van der Waals surface area contributed by atoms with Crippen LogP contribution in [0.25, 0.3) is 0 Å². The van der Waals surface area contributed by atoms with E-state index in [2.05, 4.69) is 5.32 Å². The molecule has 0 saturated heterocycles. The van der Waals surface area contributed by atoms with Crippen molar-refractivity contribution in [3.8, 4) is 0 Å². The summed E-state index contributed by atoms with van der Waals surface area (Å²) in [5, 5.41) is 11.8. The van der Waals surface area contributed by atoms with Gasteiger partial charge in [0.05, 0.1) is 28.0 Å². The maximum atomic E-state index is 14.4. The van der Waals surface area contributed by atoms with Gasteiger partial charge >= 0.3 is 12.1 Å². The third kappa shape index (κ3) is 5.18. The minimum absolute atomic E-state index is 0.0177. The van der Waals surface area contributed by atoms with Crippen molar-refractivity contribution < 1.29 is 32.3 Å². The lowest BCUT2D eigenvalue weighted by Gasteiger charge is -2.26. The Hall–Kier alpha value is -2.32. The number of carboxylic acids is 1. The second-order valence-electron chi connectivity index (χ2n) is 8.04. The van der Waals surface area contributed by atoms with Crippen molar-refractivity contribution in [1.82, 2.24) is 0 Å². The highest BCUT2D eigenvalue weighted by atomic mass is 35.5. The fourth-order valence-electron chi connectivity index (χ4n) is 3.58. The number of hydrogen-bond acceptors (Lipinski definition) is 2. The fourth-order valence-corrected chi connectivity index (χ4v) is 3.90. The molecule has 1 aliphatic carbocycles. The molecule has 1 amide bonds. The van der Waals surface area contributed by atoms with Gasteiger partial charge in [0.25, 0.3) is 0 Å². The Morgan fingerprint density at radius 2 is 1.81 bits per heavy atom. The molecule has 1 fully saturated rings. The van der Waals surface area contributed by atoms with E-state index in [1.807, 2.05) is 0 Å². The number of carboxylic acid groups (broad SMARTS) is 1. The molecule has 1 aliphatic rings. The molecule has 3 rings (SSSR count). The summed E-state index contributed by atoms with van der Waals surface area (Å²) in [5.41, 5.74) is -0.756. The van der Waals surface area contributed by atoms with Gasteiger partial charge in [0.15, 0.2) is 0 Å². The van der Waals surface area contributed by atoms with Crippen LogP contribution < -0.4 is 5.32 Å². The number of hydrogen-bond donors (Lipinski definition) is 2. The number of carbonyl (C=O) groups excluding carboxylic acids is 1. The van der Waals surface area contributed by atoms with Crippen LogP contribution in [0, 0.1) is 17.2 Å². The Kier molecular flexibility index (Phi) is 6.77. The number of nitrogens with one attached hydrogen (secondary N) is 1. The highest BCUT2D eigenvalue weighted by Crippen LogP contribution is 2.49. The zero-order valence-corrected chi connectivity index (χ0v) is 18.3. The van der Waals surface area contributed by atoms with Crippen molar-refractivity contribution in [3.63, 3.8) is 0 Å². The summed E-state index contributed by atoms with van der Waals surface area (Å²) in [5.74, 6) is -7.18. The SMILES string of the molecule is C[C@H]([C@H](C(=O)Nc1cc(CC2(C(=O)O)CC2)ccc1Cl)c1ccc(Cl)cc1F)C(F)(F)F. The van der Waals surface area contributed by atoms with Gasteiger partial charge in [-0.15, -0.1) is 0 Å². The van der Waals surface area contributed by atoms with Gasteiger partial charge in [0.2, 0.25) is 5.91 Å². The maximum Gasteiger partial charge on any atom is 0.392 e. The van der Waals surface area contributed by atoms with Gasteiger partial charge in [-0.2, -0.15) is 13.2 Å². The van der Waals surface area contributed by atoms with Crippen LogP contribution in [0.15, 0.2) is 36.4 Å². The zero-order chi connectivity index (χ0) is 23.8. The minimum atomic E-state index is -4.78. The normalized spacial score (nSPS) is 16.8. The molecule has 0 aliphatic heterocycles. The Balaban J connectivity index is 1.92. The largest absolute Gasteiger partial charge is 0.481 e. The Morgan fingerprint density at radius 1 is 1.16 bits per heavy atom. The molecule has 2 atom stereocenters. The molecule has 0 spiro atoms. The number of carbonyl (C=O) groups is 2. The average Bonchev–Trinajstić information content (AvgIpc) is 3.46. The molecular formula is C22H19Cl2F4NO3. The maximum absolute atomic E-state index is 14.4. The van der Waals surface area contributed by atoms with Gasteiger partial charge in [-0.05, 0) is 49.1 Å².